The van der Waals surface area contributed by atoms with Gasteiger partial charge in [0.1, 0.15) is 12.0 Å². The van der Waals surface area contributed by atoms with E-state index in [1.54, 1.807) is 30.5 Å². The molecule has 0 aliphatic heterocycles. The summed E-state index contributed by atoms with van der Waals surface area (Å²) in [5.41, 5.74) is 2.55. The average Bonchev–Trinajstić information content (AvgIpc) is 3.26. The lowest BCUT2D eigenvalue weighted by Crippen LogP contribution is -2.23. The Labute approximate surface area is 210 Å². The van der Waals surface area contributed by atoms with E-state index >= 15 is 0 Å². The number of sulfone groups is 1. The SMILES string of the molecule is CS(=O)(=O)c1ccc(Nc2nn([C@H]3CCCC[C@@H]3C#N)c3ccnc(OCc4ccccc4)c23)cc1. The number of nitrogens with zero attached hydrogens (tertiary/aromatic N) is 4. The van der Waals surface area contributed by atoms with Crippen molar-refractivity contribution in [2.45, 2.75) is 43.2 Å². The topological polar surface area (TPSA) is 110 Å². The first-order valence-corrected chi connectivity index (χ1v) is 13.8. The van der Waals surface area contributed by atoms with Crippen LogP contribution in [0.1, 0.15) is 37.3 Å². The third kappa shape index (κ3) is 4.90. The Morgan fingerprint density at radius 3 is 2.56 bits per heavy atom. The molecule has 2 aromatic heterocycles. The molecule has 5 rings (SSSR count). The zero-order chi connectivity index (χ0) is 25.1. The highest BCUT2D eigenvalue weighted by atomic mass is 32.2. The smallest absolute Gasteiger partial charge is 0.227 e. The summed E-state index contributed by atoms with van der Waals surface area (Å²) in [6, 6.07) is 20.7. The second-order valence-electron chi connectivity index (χ2n) is 9.09. The number of benzene rings is 2. The molecule has 0 bridgehead atoms. The van der Waals surface area contributed by atoms with E-state index in [0.29, 0.717) is 24.0 Å². The average molecular weight is 502 g/mol. The molecule has 0 spiro atoms. The summed E-state index contributed by atoms with van der Waals surface area (Å²) in [4.78, 5) is 4.75. The standard InChI is InChI=1S/C27H27N5O3S/c1-36(33,34)22-13-11-21(12-14-22)30-26-25-24(32(31-26)23-10-6-5-9-20(23)17-28)15-16-29-27(25)35-18-19-7-3-2-4-8-19/h2-4,7-8,11-16,20,23H,5-6,9-10,18H2,1H3,(H,30,31)/t20-,23+/m1/s1. The first-order valence-electron chi connectivity index (χ1n) is 11.9. The molecule has 2 heterocycles. The summed E-state index contributed by atoms with van der Waals surface area (Å²) < 4.78 is 31.8. The third-order valence-corrected chi connectivity index (χ3v) is 7.69. The van der Waals surface area contributed by atoms with Gasteiger partial charge in [0.25, 0.3) is 0 Å². The largest absolute Gasteiger partial charge is 0.472 e. The fraction of sp³-hybridized carbons (Fsp3) is 0.296. The Morgan fingerprint density at radius 2 is 1.83 bits per heavy atom. The van der Waals surface area contributed by atoms with E-state index in [-0.39, 0.29) is 16.9 Å². The van der Waals surface area contributed by atoms with Crippen LogP contribution in [0, 0.1) is 17.2 Å². The Kier molecular flexibility index (Phi) is 6.61. The van der Waals surface area contributed by atoms with E-state index in [9.17, 15) is 13.7 Å². The highest BCUT2D eigenvalue weighted by molar-refractivity contribution is 7.90. The van der Waals surface area contributed by atoms with Crippen LogP contribution < -0.4 is 10.1 Å². The highest BCUT2D eigenvalue weighted by Gasteiger charge is 2.30. The monoisotopic (exact) mass is 501 g/mol. The first-order chi connectivity index (χ1) is 17.4. The number of anilines is 2. The van der Waals surface area contributed by atoms with Gasteiger partial charge in [-0.25, -0.2) is 13.4 Å². The van der Waals surface area contributed by atoms with E-state index in [2.05, 4.69) is 16.4 Å². The van der Waals surface area contributed by atoms with Gasteiger partial charge in [0, 0.05) is 18.1 Å². The van der Waals surface area contributed by atoms with Crippen LogP contribution >= 0.6 is 0 Å². The quantitative estimate of drug-likeness (QED) is 0.360. The van der Waals surface area contributed by atoms with Gasteiger partial charge in [0.15, 0.2) is 15.7 Å². The number of hydrogen-bond acceptors (Lipinski definition) is 7. The van der Waals surface area contributed by atoms with E-state index in [1.165, 1.54) is 6.26 Å². The highest BCUT2D eigenvalue weighted by Crippen LogP contribution is 2.39. The van der Waals surface area contributed by atoms with Gasteiger partial charge in [0.2, 0.25) is 5.88 Å². The van der Waals surface area contributed by atoms with Crippen molar-refractivity contribution >= 4 is 32.2 Å². The predicted octanol–water partition coefficient (Wildman–Crippen LogP) is 5.41. The van der Waals surface area contributed by atoms with Gasteiger partial charge >= 0.3 is 0 Å². The molecule has 36 heavy (non-hydrogen) atoms. The van der Waals surface area contributed by atoms with Gasteiger partial charge in [-0.05, 0) is 48.7 Å². The summed E-state index contributed by atoms with van der Waals surface area (Å²) in [7, 11) is -3.30. The van der Waals surface area contributed by atoms with E-state index in [4.69, 9.17) is 9.84 Å². The fourth-order valence-electron chi connectivity index (χ4n) is 4.71. The molecule has 2 aromatic carbocycles. The summed E-state index contributed by atoms with van der Waals surface area (Å²) in [6.07, 6.45) is 6.69. The van der Waals surface area contributed by atoms with Crippen LogP contribution in [0.15, 0.2) is 71.8 Å². The van der Waals surface area contributed by atoms with Crippen molar-refractivity contribution in [2.75, 3.05) is 11.6 Å². The molecule has 1 N–H and O–H groups in total. The molecule has 0 amide bonds. The van der Waals surface area contributed by atoms with E-state index < -0.39 is 9.84 Å². The van der Waals surface area contributed by atoms with Gasteiger partial charge in [-0.3, -0.25) is 4.68 Å². The molecule has 0 saturated heterocycles. The van der Waals surface area contributed by atoms with Crippen LogP contribution in [-0.2, 0) is 16.4 Å². The van der Waals surface area contributed by atoms with Crippen LogP contribution in [0.25, 0.3) is 10.9 Å². The fourth-order valence-corrected chi connectivity index (χ4v) is 5.34. The number of rotatable bonds is 7. The Bertz CT molecular complexity index is 1510. The lowest BCUT2D eigenvalue weighted by molar-refractivity contribution is 0.277. The van der Waals surface area contributed by atoms with Crippen molar-refractivity contribution in [3.8, 4) is 11.9 Å². The minimum Gasteiger partial charge on any atom is -0.472 e. The van der Waals surface area contributed by atoms with Gasteiger partial charge in [0.05, 0.1) is 28.4 Å². The minimum atomic E-state index is -3.30. The van der Waals surface area contributed by atoms with Crippen LogP contribution in [0.2, 0.25) is 0 Å². The van der Waals surface area contributed by atoms with Crippen molar-refractivity contribution in [3.05, 3.63) is 72.4 Å². The summed E-state index contributed by atoms with van der Waals surface area (Å²) >= 11 is 0. The van der Waals surface area contributed by atoms with Gasteiger partial charge in [-0.1, -0.05) is 43.2 Å². The molecule has 1 aliphatic rings. The lowest BCUT2D eigenvalue weighted by atomic mass is 9.85. The number of pyridine rings is 1. The van der Waals surface area contributed by atoms with E-state index in [0.717, 1.165) is 42.1 Å². The second kappa shape index (κ2) is 9.99. The van der Waals surface area contributed by atoms with Gasteiger partial charge in [-0.15, -0.1) is 0 Å². The van der Waals surface area contributed by atoms with Crippen LogP contribution in [0.5, 0.6) is 5.88 Å². The molecule has 1 fully saturated rings. The van der Waals surface area contributed by atoms with Crippen LogP contribution in [0.4, 0.5) is 11.5 Å². The zero-order valence-electron chi connectivity index (χ0n) is 20.0. The normalized spacial score (nSPS) is 18.0. The number of aromatic nitrogens is 3. The maximum absolute atomic E-state index is 11.9. The number of ether oxygens (including phenoxy) is 1. The molecule has 184 valence electrons. The summed E-state index contributed by atoms with van der Waals surface area (Å²) in [5.74, 6) is 0.878. The third-order valence-electron chi connectivity index (χ3n) is 6.56. The van der Waals surface area contributed by atoms with Crippen molar-refractivity contribution < 1.29 is 13.2 Å². The van der Waals surface area contributed by atoms with Crippen molar-refractivity contribution in [1.29, 1.82) is 5.26 Å². The predicted molar refractivity (Wildman–Crippen MR) is 138 cm³/mol. The van der Waals surface area contributed by atoms with Gasteiger partial charge < -0.3 is 10.1 Å². The Hall–Kier alpha value is -3.90. The second-order valence-corrected chi connectivity index (χ2v) is 11.1. The molecule has 9 heteroatoms. The minimum absolute atomic E-state index is 0.0428. The Balaban J connectivity index is 1.56. The summed E-state index contributed by atoms with van der Waals surface area (Å²) in [6.45, 7) is 0.352. The Morgan fingerprint density at radius 1 is 1.08 bits per heavy atom. The lowest BCUT2D eigenvalue weighted by Gasteiger charge is -2.27. The van der Waals surface area contributed by atoms with Crippen molar-refractivity contribution in [1.82, 2.24) is 14.8 Å². The van der Waals surface area contributed by atoms with Crippen LogP contribution in [0.3, 0.4) is 0 Å². The van der Waals surface area contributed by atoms with Crippen molar-refractivity contribution in [3.63, 3.8) is 0 Å². The van der Waals surface area contributed by atoms with Gasteiger partial charge in [-0.2, -0.15) is 10.4 Å². The number of fused-ring (bicyclic) bond motifs is 1. The molecule has 2 atom stereocenters. The van der Waals surface area contributed by atoms with Crippen molar-refractivity contribution in [2.24, 2.45) is 5.92 Å². The number of nitriles is 1. The molecule has 8 nitrogen and oxygen atoms in total. The molecular formula is C27H27N5O3S. The maximum atomic E-state index is 11.9. The summed E-state index contributed by atoms with van der Waals surface area (Å²) in [5, 5.41) is 18.8. The number of hydrogen-bond donors (Lipinski definition) is 1. The zero-order valence-corrected chi connectivity index (χ0v) is 20.8. The molecule has 0 radical (unpaired) electrons. The number of nitrogens with one attached hydrogen (secondary N) is 1. The molecular weight excluding hydrogens is 474 g/mol. The molecule has 1 saturated carbocycles. The maximum Gasteiger partial charge on any atom is 0.227 e. The van der Waals surface area contributed by atoms with Crippen LogP contribution in [-0.4, -0.2) is 29.4 Å². The molecule has 4 aromatic rings. The molecule has 1 aliphatic carbocycles. The molecule has 0 unspecified atom stereocenters. The van der Waals surface area contributed by atoms with E-state index in [1.807, 2.05) is 41.1 Å². The first kappa shape index (κ1) is 23.8.